The van der Waals surface area contributed by atoms with Crippen LogP contribution in [0.5, 0.6) is 0 Å². The minimum absolute atomic E-state index is 0. The summed E-state index contributed by atoms with van der Waals surface area (Å²) in [6.07, 6.45) is 2.35. The van der Waals surface area contributed by atoms with Crippen LogP contribution in [0.3, 0.4) is 0 Å². The van der Waals surface area contributed by atoms with Crippen molar-refractivity contribution in [2.75, 3.05) is 47.6 Å². The number of nitrogens with one attached hydrogen (secondary N) is 6. The van der Waals surface area contributed by atoms with Crippen LogP contribution < -0.4 is 32.6 Å². The summed E-state index contributed by atoms with van der Waals surface area (Å²) < 4.78 is 68.7. The Labute approximate surface area is 316 Å². The fourth-order valence-corrected chi connectivity index (χ4v) is 5.20. The number of rotatable bonds is 14. The van der Waals surface area contributed by atoms with Gasteiger partial charge in [-0.25, -0.2) is 9.59 Å². The number of H-pyrrole nitrogens is 2. The second-order valence-corrected chi connectivity index (χ2v) is 11.8. The molecule has 48 heavy (non-hydrogen) atoms. The molecule has 2 aromatic carbocycles. The van der Waals surface area contributed by atoms with Gasteiger partial charge in [-0.05, 0) is 35.4 Å². The first kappa shape index (κ1) is 40.9. The van der Waals surface area contributed by atoms with Crippen molar-refractivity contribution in [3.8, 4) is 0 Å². The maximum absolute atomic E-state index is 12.2. The molecule has 0 aliphatic carbocycles. The molecule has 0 saturated heterocycles. The predicted octanol–water partition coefficient (Wildman–Crippen LogP) is -1.16. The van der Waals surface area contributed by atoms with E-state index in [2.05, 4.69) is 51.2 Å². The first-order chi connectivity index (χ1) is 21.7. The molecule has 0 saturated carbocycles. The number of aliphatic hydroxyl groups excluding tert-OH is 2. The monoisotopic (exact) mass is 724 g/mol. The van der Waals surface area contributed by atoms with Crippen LogP contribution in [-0.2, 0) is 20.2 Å². The number of aromatic amines is 2. The number of hydrogen-bond acceptors (Lipinski definition) is 16. The molecule has 4 rings (SSSR count). The summed E-state index contributed by atoms with van der Waals surface area (Å²) in [6.45, 7) is -0.393. The largest absolute Gasteiger partial charge is 0.395 e. The molecule has 0 bridgehead atoms. The summed E-state index contributed by atoms with van der Waals surface area (Å²) in [5, 5.41) is 28.4. The minimum Gasteiger partial charge on any atom is -0.395 e. The van der Waals surface area contributed by atoms with Crippen molar-refractivity contribution in [1.29, 1.82) is 0 Å². The third-order valence-corrected chi connectivity index (χ3v) is 7.46. The van der Waals surface area contributed by atoms with Gasteiger partial charge in [0.05, 0.1) is 13.2 Å². The van der Waals surface area contributed by atoms with Crippen LogP contribution in [0.1, 0.15) is 11.1 Å². The Hall–Kier alpha value is -3.26. The van der Waals surface area contributed by atoms with Crippen molar-refractivity contribution in [3.63, 3.8) is 0 Å². The van der Waals surface area contributed by atoms with Crippen molar-refractivity contribution in [2.45, 2.75) is 9.79 Å². The predicted molar refractivity (Wildman–Crippen MR) is 176 cm³/mol. The molecule has 2 radical (unpaired) electrons. The molecule has 4 aromatic rings. The first-order valence-corrected chi connectivity index (χ1v) is 15.7. The number of anilines is 6. The van der Waals surface area contributed by atoms with E-state index in [4.69, 9.17) is 10.2 Å². The third kappa shape index (κ3) is 11.7. The summed E-state index contributed by atoms with van der Waals surface area (Å²) in [4.78, 5) is 42.3. The van der Waals surface area contributed by atoms with E-state index in [1.54, 1.807) is 0 Å². The Kier molecular flexibility index (Phi) is 15.3. The summed E-state index contributed by atoms with van der Waals surface area (Å²) in [5.41, 5.74) is -1.63. The van der Waals surface area contributed by atoms with Gasteiger partial charge in [0.15, 0.2) is 0 Å². The molecule has 10 N–H and O–H groups in total. The number of benzene rings is 2. The van der Waals surface area contributed by atoms with Gasteiger partial charge in [-0.2, -0.15) is 36.8 Å². The SMILES string of the molecule is O=c1nc(NCCO)nc(Nc2ccc(C=Cc3ccc(Nc4nc(NCCO)nc(=O)[nH]4)cc3S(=O)(=O)O)c(S(=O)(=O)O)c2)[nH]1.[Na].[Na]. The van der Waals surface area contributed by atoms with E-state index >= 15 is 0 Å². The second kappa shape index (κ2) is 17.9. The zero-order valence-corrected chi connectivity index (χ0v) is 30.9. The maximum atomic E-state index is 12.2. The number of hydrogen-bond donors (Lipinski definition) is 10. The summed E-state index contributed by atoms with van der Waals surface area (Å²) in [7, 11) is -9.70. The zero-order chi connectivity index (χ0) is 33.5. The van der Waals surface area contributed by atoms with Gasteiger partial charge < -0.3 is 31.5 Å². The molecule has 24 heteroatoms. The Balaban J connectivity index is 0.00000400. The molecule has 0 fully saturated rings. The van der Waals surface area contributed by atoms with E-state index in [9.17, 15) is 35.5 Å². The molecule has 0 aliphatic heterocycles. The van der Waals surface area contributed by atoms with Crippen molar-refractivity contribution in [3.05, 3.63) is 68.5 Å². The van der Waals surface area contributed by atoms with Crippen LogP contribution in [0.4, 0.5) is 35.2 Å². The normalized spacial score (nSPS) is 11.3. The fraction of sp³-hybridized carbons (Fsp3) is 0.167. The van der Waals surface area contributed by atoms with Crippen LogP contribution in [0.2, 0.25) is 0 Å². The zero-order valence-electron chi connectivity index (χ0n) is 25.3. The quantitative estimate of drug-likeness (QED) is 0.0416. The van der Waals surface area contributed by atoms with Gasteiger partial charge in [0.1, 0.15) is 9.79 Å². The Bertz CT molecular complexity index is 1960. The average Bonchev–Trinajstić information content (AvgIpc) is 2.97. The number of nitrogens with zero attached hydrogens (tertiary/aromatic N) is 4. The Morgan fingerprint density at radius 3 is 1.35 bits per heavy atom. The fourth-order valence-electron chi connectivity index (χ4n) is 3.78. The van der Waals surface area contributed by atoms with Crippen molar-refractivity contribution >= 4 is 127 Å². The van der Waals surface area contributed by atoms with Crippen molar-refractivity contribution in [2.24, 2.45) is 0 Å². The molecule has 2 heterocycles. The van der Waals surface area contributed by atoms with E-state index in [-0.39, 0.29) is 132 Å². The maximum Gasteiger partial charge on any atom is 0.351 e. The third-order valence-electron chi connectivity index (χ3n) is 5.64. The summed E-state index contributed by atoms with van der Waals surface area (Å²) >= 11 is 0. The van der Waals surface area contributed by atoms with Gasteiger partial charge in [-0.3, -0.25) is 19.1 Å². The molecule has 0 atom stereocenters. The molecule has 2 aromatic heterocycles. The van der Waals surface area contributed by atoms with Gasteiger partial charge in [-0.1, -0.05) is 24.3 Å². The van der Waals surface area contributed by atoms with Crippen molar-refractivity contribution in [1.82, 2.24) is 29.9 Å². The minimum atomic E-state index is -4.85. The van der Waals surface area contributed by atoms with Crippen molar-refractivity contribution < 1.29 is 36.2 Å². The van der Waals surface area contributed by atoms with E-state index < -0.39 is 41.4 Å². The number of aromatic nitrogens is 6. The Morgan fingerprint density at radius 1 is 0.646 bits per heavy atom. The summed E-state index contributed by atoms with van der Waals surface area (Å²) in [5.74, 6) is -0.507. The van der Waals surface area contributed by atoms with Crippen LogP contribution in [0.25, 0.3) is 12.2 Å². The van der Waals surface area contributed by atoms with E-state index in [1.807, 2.05) is 0 Å². The van der Waals surface area contributed by atoms with E-state index in [0.29, 0.717) is 0 Å². The van der Waals surface area contributed by atoms with Crippen LogP contribution in [-0.4, -0.2) is 151 Å². The van der Waals surface area contributed by atoms with Gasteiger partial charge in [0.25, 0.3) is 20.2 Å². The molecule has 0 amide bonds. The van der Waals surface area contributed by atoms with Gasteiger partial charge >= 0.3 is 11.4 Å². The number of aliphatic hydroxyl groups is 2. The van der Waals surface area contributed by atoms with Gasteiger partial charge in [0.2, 0.25) is 23.8 Å². The molecule has 0 aliphatic rings. The topological polar surface area (TPSA) is 315 Å². The molecule has 246 valence electrons. The summed E-state index contributed by atoms with van der Waals surface area (Å²) in [6, 6.07) is 7.33. The van der Waals surface area contributed by atoms with Crippen LogP contribution in [0.15, 0.2) is 55.8 Å². The first-order valence-electron chi connectivity index (χ1n) is 12.9. The molecule has 0 spiro atoms. The van der Waals surface area contributed by atoms with E-state index in [1.165, 1.54) is 36.4 Å². The second-order valence-electron chi connectivity index (χ2n) is 8.99. The Morgan fingerprint density at radius 2 is 1.02 bits per heavy atom. The smallest absolute Gasteiger partial charge is 0.351 e. The van der Waals surface area contributed by atoms with Gasteiger partial charge in [0, 0.05) is 83.6 Å². The molecule has 20 nitrogen and oxygen atoms in total. The van der Waals surface area contributed by atoms with Crippen LogP contribution in [0, 0.1) is 0 Å². The standard InChI is InChI=1S/C24H26N10O10S2.2Na/c35-9-7-25-19-29-21(33-23(37)31-19)27-15-5-3-13(17(11-15)45(39,40)41)1-2-14-4-6-16(12-18(14)46(42,43)44)28-22-30-20(26-8-10-36)32-24(38)34-22;;/h1-6,11-12,35-36H,7-10H2,(H,39,40,41)(H,42,43,44)(H3,25,27,29,31,33,37)(H3,26,28,30,32,34,38);;. The molecular formula is C24H26N10Na2O10S2. The van der Waals surface area contributed by atoms with Crippen LogP contribution >= 0.6 is 0 Å². The van der Waals surface area contributed by atoms with E-state index in [0.717, 1.165) is 12.1 Å². The van der Waals surface area contributed by atoms with Gasteiger partial charge in [-0.15, -0.1) is 0 Å². The molecule has 0 unspecified atom stereocenters. The average molecular weight is 725 g/mol. The molecular weight excluding hydrogens is 698 g/mol.